The molecule has 0 saturated carbocycles. The van der Waals surface area contributed by atoms with Gasteiger partial charge in [-0.1, -0.05) is 18.2 Å². The molecule has 6 heteroatoms. The number of furan rings is 1. The third kappa shape index (κ3) is 2.41. The molecule has 24 heavy (non-hydrogen) atoms. The predicted molar refractivity (Wildman–Crippen MR) is 97.5 cm³/mol. The van der Waals surface area contributed by atoms with E-state index in [1.165, 1.54) is 11.3 Å². The molecule has 4 rings (SSSR count). The van der Waals surface area contributed by atoms with Crippen molar-refractivity contribution in [1.29, 1.82) is 0 Å². The molecule has 0 aliphatic carbocycles. The summed E-state index contributed by atoms with van der Waals surface area (Å²) >= 11 is 1.53. The van der Waals surface area contributed by atoms with Crippen LogP contribution < -0.4 is 4.80 Å². The minimum absolute atomic E-state index is 0.772. The van der Waals surface area contributed by atoms with Gasteiger partial charge in [0.25, 0.3) is 0 Å². The number of fused-ring (bicyclic) bond motifs is 1. The Morgan fingerprint density at radius 2 is 2.08 bits per heavy atom. The lowest BCUT2D eigenvalue weighted by Gasteiger charge is -2.00. The van der Waals surface area contributed by atoms with Gasteiger partial charge in [-0.15, -0.1) is 11.3 Å². The van der Waals surface area contributed by atoms with Crippen LogP contribution >= 0.6 is 11.3 Å². The van der Waals surface area contributed by atoms with E-state index in [0.29, 0.717) is 0 Å². The maximum absolute atomic E-state index is 5.51. The van der Waals surface area contributed by atoms with Crippen LogP contribution in [-0.4, -0.2) is 22.9 Å². The van der Waals surface area contributed by atoms with Gasteiger partial charge in [0.2, 0.25) is 4.80 Å². The van der Waals surface area contributed by atoms with Gasteiger partial charge < -0.3 is 9.40 Å². The summed E-state index contributed by atoms with van der Waals surface area (Å²) in [5.74, 6) is 0.772. The lowest BCUT2D eigenvalue weighted by molar-refractivity contribution is 0.575. The van der Waals surface area contributed by atoms with Gasteiger partial charge in [0.15, 0.2) is 5.76 Å². The first-order valence-electron chi connectivity index (χ1n) is 7.57. The zero-order chi connectivity index (χ0) is 16.5. The molecule has 0 aliphatic rings. The molecule has 0 fully saturated rings. The van der Waals surface area contributed by atoms with Crippen molar-refractivity contribution in [3.8, 4) is 11.5 Å². The number of aromatic nitrogens is 2. The molecule has 0 radical (unpaired) electrons. The minimum atomic E-state index is 0.772. The zero-order valence-electron chi connectivity index (χ0n) is 13.4. The van der Waals surface area contributed by atoms with Crippen LogP contribution in [0, 0.1) is 6.92 Å². The van der Waals surface area contributed by atoms with Crippen LogP contribution in [-0.2, 0) is 0 Å². The first kappa shape index (κ1) is 14.7. The highest BCUT2D eigenvalue weighted by molar-refractivity contribution is 7.07. The molecule has 0 atom stereocenters. The van der Waals surface area contributed by atoms with Gasteiger partial charge in [-0.3, -0.25) is 4.99 Å². The van der Waals surface area contributed by atoms with E-state index in [4.69, 9.17) is 4.42 Å². The van der Waals surface area contributed by atoms with Crippen molar-refractivity contribution in [2.45, 2.75) is 6.92 Å². The highest BCUT2D eigenvalue weighted by Gasteiger charge is 2.10. The maximum Gasteiger partial charge on any atom is 0.206 e. The van der Waals surface area contributed by atoms with Crippen LogP contribution in [0.3, 0.4) is 0 Å². The maximum atomic E-state index is 5.51. The summed E-state index contributed by atoms with van der Waals surface area (Å²) in [5.41, 5.74) is 4.17. The SMILES string of the molecule is CN=c1scc(-c2ccco2)n1N=Cc1c(C)[nH]c2ccccc12. The second-order valence-electron chi connectivity index (χ2n) is 5.37. The molecule has 3 aromatic heterocycles. The number of hydrogen-bond acceptors (Lipinski definition) is 4. The van der Waals surface area contributed by atoms with E-state index >= 15 is 0 Å². The van der Waals surface area contributed by atoms with Gasteiger partial charge >= 0.3 is 0 Å². The monoisotopic (exact) mass is 336 g/mol. The topological polar surface area (TPSA) is 58.6 Å². The fraction of sp³-hybridized carbons (Fsp3) is 0.111. The fourth-order valence-corrected chi connectivity index (χ4v) is 3.52. The highest BCUT2D eigenvalue weighted by Crippen LogP contribution is 2.22. The standard InChI is InChI=1S/C18H16N4OS/c1-12-14(13-6-3-4-7-15(13)21-12)10-20-22-16(11-24-18(22)19-2)17-8-5-9-23-17/h3-11,21H,1-2H3. The number of hydrogen-bond donors (Lipinski definition) is 1. The average Bonchev–Trinajstić information content (AvgIpc) is 3.30. The van der Waals surface area contributed by atoms with Crippen molar-refractivity contribution < 1.29 is 4.42 Å². The molecule has 5 nitrogen and oxygen atoms in total. The molecule has 0 saturated heterocycles. The number of H-pyrrole nitrogens is 1. The third-order valence-electron chi connectivity index (χ3n) is 3.90. The lowest BCUT2D eigenvalue weighted by Crippen LogP contribution is -2.11. The Bertz CT molecular complexity index is 1080. The number of aromatic amines is 1. The first-order chi connectivity index (χ1) is 11.8. The largest absolute Gasteiger partial charge is 0.463 e. The lowest BCUT2D eigenvalue weighted by atomic mass is 10.1. The molecule has 0 unspecified atom stereocenters. The quantitative estimate of drug-likeness (QED) is 0.565. The van der Waals surface area contributed by atoms with Crippen LogP contribution in [0.15, 0.2) is 62.6 Å². The van der Waals surface area contributed by atoms with Gasteiger partial charge in [-0.2, -0.15) is 5.10 Å². The summed E-state index contributed by atoms with van der Waals surface area (Å²) in [5, 5.41) is 7.83. The van der Waals surface area contributed by atoms with Crippen molar-refractivity contribution in [3.63, 3.8) is 0 Å². The molecule has 3 heterocycles. The Morgan fingerprint density at radius 3 is 2.88 bits per heavy atom. The third-order valence-corrected chi connectivity index (χ3v) is 4.80. The summed E-state index contributed by atoms with van der Waals surface area (Å²) in [6.07, 6.45) is 3.54. The summed E-state index contributed by atoms with van der Waals surface area (Å²) in [6, 6.07) is 12.0. The predicted octanol–water partition coefficient (Wildman–Crippen LogP) is 4.01. The van der Waals surface area contributed by atoms with Crippen molar-refractivity contribution in [1.82, 2.24) is 9.66 Å². The Hall–Kier alpha value is -2.86. The van der Waals surface area contributed by atoms with Gasteiger partial charge in [0.1, 0.15) is 5.69 Å². The Morgan fingerprint density at radius 1 is 1.21 bits per heavy atom. The summed E-state index contributed by atoms with van der Waals surface area (Å²) in [4.78, 5) is 8.51. The molecule has 0 spiro atoms. The summed E-state index contributed by atoms with van der Waals surface area (Å²) in [6.45, 7) is 2.05. The van der Waals surface area contributed by atoms with Crippen LogP contribution in [0.5, 0.6) is 0 Å². The minimum Gasteiger partial charge on any atom is -0.463 e. The van der Waals surface area contributed by atoms with Crippen molar-refractivity contribution >= 4 is 28.5 Å². The first-order valence-corrected chi connectivity index (χ1v) is 8.45. The number of nitrogens with zero attached hydrogens (tertiary/aromatic N) is 3. The summed E-state index contributed by atoms with van der Waals surface area (Å²) < 4.78 is 7.32. The molecule has 0 aliphatic heterocycles. The van der Waals surface area contributed by atoms with Gasteiger partial charge in [0, 0.05) is 34.6 Å². The van der Waals surface area contributed by atoms with E-state index in [1.54, 1.807) is 13.3 Å². The van der Waals surface area contributed by atoms with Crippen molar-refractivity contribution in [2.24, 2.45) is 10.1 Å². The number of aryl methyl sites for hydroxylation is 1. The molecule has 120 valence electrons. The van der Waals surface area contributed by atoms with E-state index in [2.05, 4.69) is 34.1 Å². The number of para-hydroxylation sites is 1. The average molecular weight is 336 g/mol. The number of nitrogens with one attached hydrogen (secondary N) is 1. The van der Waals surface area contributed by atoms with Gasteiger partial charge in [0.05, 0.1) is 12.5 Å². The molecule has 0 amide bonds. The van der Waals surface area contributed by atoms with E-state index in [-0.39, 0.29) is 0 Å². The van der Waals surface area contributed by atoms with Crippen LogP contribution in [0.25, 0.3) is 22.4 Å². The Labute approximate surface area is 142 Å². The van der Waals surface area contributed by atoms with Crippen molar-refractivity contribution in [2.75, 3.05) is 7.05 Å². The van der Waals surface area contributed by atoms with Gasteiger partial charge in [-0.25, -0.2) is 4.68 Å². The fourth-order valence-electron chi connectivity index (χ4n) is 2.74. The van der Waals surface area contributed by atoms with Crippen LogP contribution in [0.4, 0.5) is 0 Å². The van der Waals surface area contributed by atoms with Gasteiger partial charge in [-0.05, 0) is 25.1 Å². The Balaban J connectivity index is 1.84. The molecular weight excluding hydrogens is 320 g/mol. The molecule has 1 aromatic carbocycles. The Kier molecular flexibility index (Phi) is 3.66. The normalized spacial score (nSPS) is 12.7. The summed E-state index contributed by atoms with van der Waals surface area (Å²) in [7, 11) is 1.76. The van der Waals surface area contributed by atoms with E-state index in [1.807, 2.05) is 40.5 Å². The number of thiazole rings is 1. The molecular formula is C18H16N4OS. The van der Waals surface area contributed by atoms with E-state index < -0.39 is 0 Å². The number of benzene rings is 1. The second-order valence-corrected chi connectivity index (χ2v) is 6.21. The van der Waals surface area contributed by atoms with Crippen LogP contribution in [0.2, 0.25) is 0 Å². The van der Waals surface area contributed by atoms with E-state index in [9.17, 15) is 0 Å². The molecule has 1 N–H and O–H groups in total. The molecule has 0 bridgehead atoms. The smallest absolute Gasteiger partial charge is 0.206 e. The van der Waals surface area contributed by atoms with E-state index in [0.717, 1.165) is 38.4 Å². The zero-order valence-corrected chi connectivity index (χ0v) is 14.2. The second kappa shape index (κ2) is 5.98. The number of rotatable bonds is 3. The van der Waals surface area contributed by atoms with Crippen LogP contribution in [0.1, 0.15) is 11.3 Å². The van der Waals surface area contributed by atoms with Crippen molar-refractivity contribution in [3.05, 3.63) is 64.1 Å². The highest BCUT2D eigenvalue weighted by atomic mass is 32.1. The molecule has 4 aromatic rings.